The average molecular weight is 333 g/mol. The molecule has 0 radical (unpaired) electrons. The summed E-state index contributed by atoms with van der Waals surface area (Å²) in [5, 5.41) is 9.65. The molecule has 98 valence electrons. The van der Waals surface area contributed by atoms with Crippen LogP contribution in [0.5, 0.6) is 0 Å². The van der Waals surface area contributed by atoms with Gasteiger partial charge in [-0.3, -0.25) is 4.79 Å². The molecule has 1 heterocycles. The van der Waals surface area contributed by atoms with Gasteiger partial charge in [-0.25, -0.2) is 0 Å². The molecule has 2 rings (SSSR count). The second-order valence-corrected chi connectivity index (χ2v) is 5.88. The van der Waals surface area contributed by atoms with Crippen molar-refractivity contribution in [3.8, 4) is 0 Å². The first kappa shape index (κ1) is 13.8. The maximum atomic E-state index is 12.3. The van der Waals surface area contributed by atoms with E-state index in [1.807, 2.05) is 13.0 Å². The first-order valence-corrected chi connectivity index (χ1v) is 7.05. The molecule has 1 aliphatic heterocycles. The Morgan fingerprint density at radius 3 is 2.89 bits per heavy atom. The van der Waals surface area contributed by atoms with Gasteiger partial charge >= 0.3 is 0 Å². The lowest BCUT2D eigenvalue weighted by atomic mass is 10.1. The van der Waals surface area contributed by atoms with E-state index in [1.54, 1.807) is 11.0 Å². The van der Waals surface area contributed by atoms with Gasteiger partial charge in [-0.15, -0.1) is 0 Å². The highest BCUT2D eigenvalue weighted by atomic mass is 79.9. The van der Waals surface area contributed by atoms with Crippen LogP contribution in [0.15, 0.2) is 16.6 Å². The van der Waals surface area contributed by atoms with Gasteiger partial charge in [0.1, 0.15) is 0 Å². The molecule has 0 unspecified atom stereocenters. The van der Waals surface area contributed by atoms with Gasteiger partial charge in [0, 0.05) is 35.7 Å². The number of carbonyl (C=O) groups excluding carboxylic acids is 1. The van der Waals surface area contributed by atoms with Crippen molar-refractivity contribution in [2.75, 3.05) is 19.7 Å². The molecule has 0 bridgehead atoms. The molecule has 1 aromatic rings. The van der Waals surface area contributed by atoms with Crippen LogP contribution in [0.2, 0.25) is 5.02 Å². The third kappa shape index (κ3) is 2.71. The molecular weight excluding hydrogens is 318 g/mol. The first-order chi connectivity index (χ1) is 8.52. The van der Waals surface area contributed by atoms with E-state index in [0.29, 0.717) is 23.7 Å². The summed E-state index contributed by atoms with van der Waals surface area (Å²) < 4.78 is 0.829. The summed E-state index contributed by atoms with van der Waals surface area (Å²) in [5.41, 5.74) is 1.56. The van der Waals surface area contributed by atoms with E-state index in [0.717, 1.165) is 16.5 Å². The second-order valence-electron chi connectivity index (χ2n) is 4.68. The van der Waals surface area contributed by atoms with Gasteiger partial charge in [0.25, 0.3) is 5.91 Å². The Labute approximate surface area is 120 Å². The largest absolute Gasteiger partial charge is 0.396 e. The fourth-order valence-electron chi connectivity index (χ4n) is 2.20. The summed E-state index contributed by atoms with van der Waals surface area (Å²) in [6.45, 7) is 3.38. The van der Waals surface area contributed by atoms with E-state index in [1.165, 1.54) is 0 Å². The topological polar surface area (TPSA) is 40.5 Å². The number of hydrogen-bond acceptors (Lipinski definition) is 2. The molecule has 1 N–H and O–H groups in total. The van der Waals surface area contributed by atoms with Gasteiger partial charge in [-0.1, -0.05) is 11.6 Å². The van der Waals surface area contributed by atoms with Crippen LogP contribution in [-0.2, 0) is 0 Å². The summed E-state index contributed by atoms with van der Waals surface area (Å²) in [4.78, 5) is 14.1. The highest BCUT2D eigenvalue weighted by Crippen LogP contribution is 2.28. The lowest BCUT2D eigenvalue weighted by molar-refractivity contribution is 0.0782. The zero-order chi connectivity index (χ0) is 13.3. The molecule has 18 heavy (non-hydrogen) atoms. The second kappa shape index (κ2) is 5.59. The molecule has 1 fully saturated rings. The van der Waals surface area contributed by atoms with Crippen LogP contribution in [0.1, 0.15) is 22.3 Å². The number of rotatable bonds is 2. The average Bonchev–Trinajstić information content (AvgIpc) is 2.83. The number of aliphatic hydroxyl groups excluding tert-OH is 1. The fourth-order valence-corrected chi connectivity index (χ4v) is 2.69. The number of aliphatic hydroxyl groups is 1. The quantitative estimate of drug-likeness (QED) is 0.904. The van der Waals surface area contributed by atoms with Crippen molar-refractivity contribution >= 4 is 33.4 Å². The van der Waals surface area contributed by atoms with Gasteiger partial charge in [0.05, 0.1) is 5.02 Å². The van der Waals surface area contributed by atoms with Crippen molar-refractivity contribution < 1.29 is 9.90 Å². The zero-order valence-electron chi connectivity index (χ0n) is 10.1. The summed E-state index contributed by atoms with van der Waals surface area (Å²) in [6, 6.07) is 3.53. The van der Waals surface area contributed by atoms with Crippen molar-refractivity contribution in [3.05, 3.63) is 32.8 Å². The third-order valence-electron chi connectivity index (χ3n) is 3.29. The van der Waals surface area contributed by atoms with Crippen LogP contribution in [-0.4, -0.2) is 35.6 Å². The fraction of sp³-hybridized carbons (Fsp3) is 0.462. The van der Waals surface area contributed by atoms with Gasteiger partial charge in [0.15, 0.2) is 0 Å². The smallest absolute Gasteiger partial charge is 0.253 e. The lowest BCUT2D eigenvalue weighted by Crippen LogP contribution is -2.29. The summed E-state index contributed by atoms with van der Waals surface area (Å²) in [7, 11) is 0. The number of carbonyl (C=O) groups is 1. The lowest BCUT2D eigenvalue weighted by Gasteiger charge is -2.17. The minimum Gasteiger partial charge on any atom is -0.396 e. The van der Waals surface area contributed by atoms with E-state index in [9.17, 15) is 4.79 Å². The number of benzene rings is 1. The molecule has 0 saturated carbocycles. The number of halogens is 2. The number of amides is 1. The van der Waals surface area contributed by atoms with E-state index in [2.05, 4.69) is 15.9 Å². The zero-order valence-corrected chi connectivity index (χ0v) is 12.5. The predicted molar refractivity (Wildman–Crippen MR) is 75.0 cm³/mol. The monoisotopic (exact) mass is 331 g/mol. The highest BCUT2D eigenvalue weighted by Gasteiger charge is 2.26. The Kier molecular flexibility index (Phi) is 4.30. The van der Waals surface area contributed by atoms with E-state index in [4.69, 9.17) is 16.7 Å². The Balaban J connectivity index is 2.19. The molecular formula is C13H15BrClNO2. The van der Waals surface area contributed by atoms with Crippen LogP contribution >= 0.6 is 27.5 Å². The Hall–Kier alpha value is -0.580. The molecule has 0 spiro atoms. The number of hydrogen-bond donors (Lipinski definition) is 1. The van der Waals surface area contributed by atoms with E-state index in [-0.39, 0.29) is 18.4 Å². The summed E-state index contributed by atoms with van der Waals surface area (Å²) >= 11 is 9.44. The van der Waals surface area contributed by atoms with E-state index < -0.39 is 0 Å². The van der Waals surface area contributed by atoms with Crippen LogP contribution in [0, 0.1) is 12.8 Å². The predicted octanol–water partition coefficient (Wildman–Crippen LogP) is 2.87. The minimum absolute atomic E-state index is 0.0107. The molecule has 1 saturated heterocycles. The van der Waals surface area contributed by atoms with Gasteiger partial charge in [-0.05, 0) is 47.0 Å². The number of nitrogens with zero attached hydrogens (tertiary/aromatic N) is 1. The van der Waals surface area contributed by atoms with Gasteiger partial charge in [-0.2, -0.15) is 0 Å². The van der Waals surface area contributed by atoms with Gasteiger partial charge in [0.2, 0.25) is 0 Å². The Morgan fingerprint density at radius 2 is 2.33 bits per heavy atom. The standard InChI is InChI=1S/C13H15BrClNO2/c1-8-4-10(5-11(15)12(8)14)13(18)16-3-2-9(6-16)7-17/h4-5,9,17H,2-3,6-7H2,1H3/t9-/m1/s1. The Bertz CT molecular complexity index is 455. The van der Waals surface area contributed by atoms with Crippen LogP contribution in [0.3, 0.4) is 0 Å². The van der Waals surface area contributed by atoms with Crippen LogP contribution in [0.4, 0.5) is 0 Å². The minimum atomic E-state index is -0.0107. The molecule has 1 atom stereocenters. The van der Waals surface area contributed by atoms with Crippen LogP contribution < -0.4 is 0 Å². The highest BCUT2D eigenvalue weighted by molar-refractivity contribution is 9.10. The third-order valence-corrected chi connectivity index (χ3v) is 4.87. The summed E-state index contributed by atoms with van der Waals surface area (Å²) in [6.07, 6.45) is 0.867. The Morgan fingerprint density at radius 1 is 1.61 bits per heavy atom. The normalized spacial score (nSPS) is 19.3. The number of aryl methyl sites for hydroxylation is 1. The molecule has 1 amide bonds. The van der Waals surface area contributed by atoms with Crippen molar-refractivity contribution in [3.63, 3.8) is 0 Å². The maximum Gasteiger partial charge on any atom is 0.253 e. The van der Waals surface area contributed by atoms with Crippen molar-refractivity contribution in [2.45, 2.75) is 13.3 Å². The molecule has 1 aromatic carbocycles. The maximum absolute atomic E-state index is 12.3. The molecule has 1 aliphatic rings. The number of likely N-dealkylation sites (tertiary alicyclic amines) is 1. The molecule has 0 aromatic heterocycles. The molecule has 5 heteroatoms. The first-order valence-electron chi connectivity index (χ1n) is 5.88. The van der Waals surface area contributed by atoms with Crippen LogP contribution in [0.25, 0.3) is 0 Å². The SMILES string of the molecule is Cc1cc(C(=O)N2CC[C@@H](CO)C2)cc(Cl)c1Br. The molecule has 0 aliphatic carbocycles. The van der Waals surface area contributed by atoms with Crippen molar-refractivity contribution in [2.24, 2.45) is 5.92 Å². The van der Waals surface area contributed by atoms with E-state index >= 15 is 0 Å². The molecule has 3 nitrogen and oxygen atoms in total. The van der Waals surface area contributed by atoms with Crippen molar-refractivity contribution in [1.29, 1.82) is 0 Å². The van der Waals surface area contributed by atoms with Crippen molar-refractivity contribution in [1.82, 2.24) is 4.90 Å². The van der Waals surface area contributed by atoms with Gasteiger partial charge < -0.3 is 10.0 Å². The summed E-state index contributed by atoms with van der Waals surface area (Å²) in [5.74, 6) is 0.199.